The molecule has 1 amide bonds. The second kappa shape index (κ2) is 9.64. The Morgan fingerprint density at radius 2 is 1.87 bits per heavy atom. The SMILES string of the molecule is CCCCCC(=O)Nc1ccc(S(=O)(=O)NC(C)COC)cc1. The van der Waals surface area contributed by atoms with Crippen LogP contribution in [0.3, 0.4) is 0 Å². The maximum Gasteiger partial charge on any atom is 0.240 e. The summed E-state index contributed by atoms with van der Waals surface area (Å²) in [6.07, 6.45) is 3.42. The Morgan fingerprint density at radius 1 is 1.22 bits per heavy atom. The average Bonchev–Trinajstić information content (AvgIpc) is 2.47. The highest BCUT2D eigenvalue weighted by molar-refractivity contribution is 7.89. The van der Waals surface area contributed by atoms with Gasteiger partial charge in [0.1, 0.15) is 0 Å². The summed E-state index contributed by atoms with van der Waals surface area (Å²) in [6, 6.07) is 5.82. The summed E-state index contributed by atoms with van der Waals surface area (Å²) in [6.45, 7) is 4.11. The Bertz CT molecular complexity index is 585. The molecule has 0 aliphatic rings. The smallest absolute Gasteiger partial charge is 0.240 e. The molecule has 23 heavy (non-hydrogen) atoms. The third-order valence-electron chi connectivity index (χ3n) is 3.23. The van der Waals surface area contributed by atoms with Gasteiger partial charge in [-0.15, -0.1) is 0 Å². The monoisotopic (exact) mass is 342 g/mol. The number of methoxy groups -OCH3 is 1. The van der Waals surface area contributed by atoms with Crippen LogP contribution >= 0.6 is 0 Å². The molecule has 0 spiro atoms. The van der Waals surface area contributed by atoms with Crippen LogP contribution in [0.15, 0.2) is 29.2 Å². The number of nitrogens with one attached hydrogen (secondary N) is 2. The van der Waals surface area contributed by atoms with Crippen molar-refractivity contribution in [3.63, 3.8) is 0 Å². The molecule has 0 heterocycles. The van der Waals surface area contributed by atoms with Gasteiger partial charge in [0.2, 0.25) is 15.9 Å². The maximum atomic E-state index is 12.2. The maximum absolute atomic E-state index is 12.2. The molecule has 1 aromatic rings. The molecule has 0 radical (unpaired) electrons. The standard InChI is InChI=1S/C16H26N2O4S/c1-4-5-6-7-16(19)17-14-8-10-15(11-9-14)23(20,21)18-13(2)12-22-3/h8-11,13,18H,4-7,12H2,1-3H3,(H,17,19). The average molecular weight is 342 g/mol. The first kappa shape index (κ1) is 19.6. The number of carbonyl (C=O) groups excluding carboxylic acids is 1. The van der Waals surface area contributed by atoms with Gasteiger partial charge >= 0.3 is 0 Å². The number of benzene rings is 1. The second-order valence-electron chi connectivity index (χ2n) is 5.51. The Hall–Kier alpha value is -1.44. The van der Waals surface area contributed by atoms with Crippen molar-refractivity contribution >= 4 is 21.6 Å². The van der Waals surface area contributed by atoms with Crippen molar-refractivity contribution in [2.45, 2.75) is 50.5 Å². The molecule has 1 unspecified atom stereocenters. The van der Waals surface area contributed by atoms with Crippen LogP contribution in [0.2, 0.25) is 0 Å². The first-order chi connectivity index (χ1) is 10.9. The van der Waals surface area contributed by atoms with Gasteiger partial charge in [-0.25, -0.2) is 13.1 Å². The molecule has 130 valence electrons. The summed E-state index contributed by atoms with van der Waals surface area (Å²) in [5, 5.41) is 2.77. The number of ether oxygens (including phenoxy) is 1. The first-order valence-corrected chi connectivity index (χ1v) is 9.28. The first-order valence-electron chi connectivity index (χ1n) is 7.80. The van der Waals surface area contributed by atoms with Gasteiger partial charge in [-0.1, -0.05) is 19.8 Å². The summed E-state index contributed by atoms with van der Waals surface area (Å²) < 4.78 is 31.8. The van der Waals surface area contributed by atoms with Crippen molar-refractivity contribution in [3.8, 4) is 0 Å². The number of hydrogen-bond donors (Lipinski definition) is 2. The van der Waals surface area contributed by atoms with Crippen LogP contribution in [0.1, 0.15) is 39.5 Å². The zero-order valence-corrected chi connectivity index (χ0v) is 14.8. The summed E-state index contributed by atoms with van der Waals surface area (Å²) in [7, 11) is -2.07. The van der Waals surface area contributed by atoms with Crippen LogP contribution in [0.4, 0.5) is 5.69 Å². The fourth-order valence-corrected chi connectivity index (χ4v) is 3.32. The molecule has 2 N–H and O–H groups in total. The molecule has 0 fully saturated rings. The van der Waals surface area contributed by atoms with Crippen LogP contribution in [0, 0.1) is 0 Å². The highest BCUT2D eigenvalue weighted by atomic mass is 32.2. The lowest BCUT2D eigenvalue weighted by Gasteiger charge is -2.13. The van der Waals surface area contributed by atoms with Crippen molar-refractivity contribution in [3.05, 3.63) is 24.3 Å². The lowest BCUT2D eigenvalue weighted by molar-refractivity contribution is -0.116. The zero-order valence-electron chi connectivity index (χ0n) is 14.0. The Balaban J connectivity index is 2.63. The number of unbranched alkanes of at least 4 members (excludes halogenated alkanes) is 2. The molecule has 0 saturated carbocycles. The molecule has 0 aliphatic heterocycles. The van der Waals surface area contributed by atoms with Gasteiger partial charge in [0, 0.05) is 25.3 Å². The molecule has 0 bridgehead atoms. The topological polar surface area (TPSA) is 84.5 Å². The fraction of sp³-hybridized carbons (Fsp3) is 0.562. The highest BCUT2D eigenvalue weighted by Gasteiger charge is 2.17. The molecule has 0 aromatic heterocycles. The fourth-order valence-electron chi connectivity index (χ4n) is 2.09. The number of carbonyl (C=O) groups is 1. The second-order valence-corrected chi connectivity index (χ2v) is 7.22. The molecule has 1 aromatic carbocycles. The summed E-state index contributed by atoms with van der Waals surface area (Å²) >= 11 is 0. The van der Waals surface area contributed by atoms with Gasteiger partial charge in [0.15, 0.2) is 0 Å². The van der Waals surface area contributed by atoms with E-state index in [9.17, 15) is 13.2 Å². The van der Waals surface area contributed by atoms with E-state index in [0.717, 1.165) is 19.3 Å². The van der Waals surface area contributed by atoms with Gasteiger partial charge in [0.25, 0.3) is 0 Å². The van der Waals surface area contributed by atoms with Gasteiger partial charge < -0.3 is 10.1 Å². The normalized spacial score (nSPS) is 12.8. The lowest BCUT2D eigenvalue weighted by atomic mass is 10.2. The Kier molecular flexibility index (Phi) is 8.22. The van der Waals surface area contributed by atoms with Crippen molar-refractivity contribution in [1.29, 1.82) is 0 Å². The Labute approximate surface area is 138 Å². The molecular weight excluding hydrogens is 316 g/mol. The minimum atomic E-state index is -3.59. The number of sulfonamides is 1. The van der Waals surface area contributed by atoms with E-state index in [-0.39, 0.29) is 16.8 Å². The van der Waals surface area contributed by atoms with E-state index in [1.54, 1.807) is 19.1 Å². The number of rotatable bonds is 10. The van der Waals surface area contributed by atoms with Gasteiger partial charge in [-0.05, 0) is 37.6 Å². The van der Waals surface area contributed by atoms with Crippen molar-refractivity contribution in [2.24, 2.45) is 0 Å². The number of anilines is 1. The van der Waals surface area contributed by atoms with Gasteiger partial charge in [-0.2, -0.15) is 0 Å². The minimum Gasteiger partial charge on any atom is -0.383 e. The summed E-state index contributed by atoms with van der Waals surface area (Å²) in [4.78, 5) is 11.9. The van der Waals surface area contributed by atoms with Crippen LogP contribution in [-0.2, 0) is 19.6 Å². The van der Waals surface area contributed by atoms with Gasteiger partial charge in [0.05, 0.1) is 11.5 Å². The van der Waals surface area contributed by atoms with Crippen molar-refractivity contribution in [1.82, 2.24) is 4.72 Å². The van der Waals surface area contributed by atoms with E-state index < -0.39 is 10.0 Å². The highest BCUT2D eigenvalue weighted by Crippen LogP contribution is 2.15. The van der Waals surface area contributed by atoms with Crippen LogP contribution < -0.4 is 10.0 Å². The molecule has 0 aliphatic carbocycles. The lowest BCUT2D eigenvalue weighted by Crippen LogP contribution is -2.35. The molecule has 0 saturated heterocycles. The number of hydrogen-bond acceptors (Lipinski definition) is 4. The van der Waals surface area contributed by atoms with Crippen molar-refractivity contribution in [2.75, 3.05) is 19.0 Å². The molecular formula is C16H26N2O4S. The molecule has 1 atom stereocenters. The van der Waals surface area contributed by atoms with E-state index in [1.807, 2.05) is 0 Å². The van der Waals surface area contributed by atoms with E-state index in [1.165, 1.54) is 19.2 Å². The quantitative estimate of drug-likeness (QED) is 0.640. The largest absolute Gasteiger partial charge is 0.383 e. The zero-order chi connectivity index (χ0) is 17.3. The van der Waals surface area contributed by atoms with Crippen LogP contribution in [0.25, 0.3) is 0 Å². The van der Waals surface area contributed by atoms with E-state index in [0.29, 0.717) is 18.7 Å². The van der Waals surface area contributed by atoms with E-state index in [2.05, 4.69) is 17.0 Å². The third kappa shape index (κ3) is 7.11. The predicted octanol–water partition coefficient (Wildman–Crippen LogP) is 2.52. The van der Waals surface area contributed by atoms with E-state index in [4.69, 9.17) is 4.74 Å². The molecule has 6 nitrogen and oxygen atoms in total. The van der Waals surface area contributed by atoms with E-state index >= 15 is 0 Å². The third-order valence-corrected chi connectivity index (χ3v) is 4.83. The predicted molar refractivity (Wildman–Crippen MR) is 90.9 cm³/mol. The summed E-state index contributed by atoms with van der Waals surface area (Å²) in [5.74, 6) is -0.0547. The number of amides is 1. The van der Waals surface area contributed by atoms with Crippen LogP contribution in [-0.4, -0.2) is 34.1 Å². The molecule has 1 rings (SSSR count). The van der Waals surface area contributed by atoms with Crippen molar-refractivity contribution < 1.29 is 17.9 Å². The minimum absolute atomic E-state index is 0.0547. The molecule has 7 heteroatoms. The van der Waals surface area contributed by atoms with Crippen LogP contribution in [0.5, 0.6) is 0 Å². The van der Waals surface area contributed by atoms with Gasteiger partial charge in [-0.3, -0.25) is 4.79 Å². The summed E-state index contributed by atoms with van der Waals surface area (Å²) in [5.41, 5.74) is 0.593. The Morgan fingerprint density at radius 3 is 2.43 bits per heavy atom.